The minimum absolute atomic E-state index is 0.0281. The number of piperazine rings is 5. The maximum Gasteiger partial charge on any atom is 0.324 e. The van der Waals surface area contributed by atoms with Crippen LogP contribution in [-0.2, 0) is 4.79 Å². The van der Waals surface area contributed by atoms with Crippen LogP contribution in [0, 0.1) is 20.8 Å². The van der Waals surface area contributed by atoms with Gasteiger partial charge in [0, 0.05) is 171 Å². The van der Waals surface area contributed by atoms with Crippen LogP contribution in [0.3, 0.4) is 0 Å². The number of carbonyl (C=O) groups excluding carboxylic acids is 2. The third kappa shape index (κ3) is 24.9. The lowest BCUT2D eigenvalue weighted by atomic mass is 10.2. The summed E-state index contributed by atoms with van der Waals surface area (Å²) in [7, 11) is 0. The van der Waals surface area contributed by atoms with E-state index in [2.05, 4.69) is 238 Å². The minimum Gasteiger partial charge on any atom is -0.355 e. The van der Waals surface area contributed by atoms with Crippen LogP contribution in [0.15, 0.2) is 237 Å². The molecule has 5 saturated heterocycles. The number of thiazole rings is 5. The predicted molar refractivity (Wildman–Crippen MR) is 562 cm³/mol. The van der Waals surface area contributed by atoms with E-state index in [0.717, 1.165) is 224 Å². The van der Waals surface area contributed by atoms with Crippen LogP contribution in [0.25, 0.3) is 51.1 Å². The van der Waals surface area contributed by atoms with Crippen LogP contribution in [0.1, 0.15) is 23.6 Å². The first-order valence-electron chi connectivity index (χ1n) is 42.6. The minimum atomic E-state index is -0.132. The summed E-state index contributed by atoms with van der Waals surface area (Å²) in [5.41, 5.74) is 8.61. The molecule has 15 aromatic rings. The van der Waals surface area contributed by atoms with Gasteiger partial charge in [0.15, 0.2) is 25.7 Å². The molecule has 5 aliphatic heterocycles. The average molecular weight is 2060 g/mol. The van der Waals surface area contributed by atoms with E-state index in [-0.39, 0.29) is 12.1 Å². The van der Waals surface area contributed by atoms with Crippen molar-refractivity contribution in [3.8, 4) is 0 Å². The van der Waals surface area contributed by atoms with Gasteiger partial charge in [0.25, 0.3) is 0 Å². The van der Waals surface area contributed by atoms with Gasteiger partial charge in [-0.15, -0.1) is 0 Å². The molecule has 0 radical (unpaired) electrons. The molecule has 5 aliphatic rings. The fraction of sp³-hybridized carbons (Fsp3) is 0.255. The largest absolute Gasteiger partial charge is 0.355 e. The number of benzene rings is 5. The zero-order valence-corrected chi connectivity index (χ0v) is 83.5. The van der Waals surface area contributed by atoms with Crippen molar-refractivity contribution in [2.45, 2.75) is 33.7 Å². The van der Waals surface area contributed by atoms with Crippen LogP contribution < -0.4 is 51.1 Å². The molecule has 15 heterocycles. The molecule has 39 heteroatoms. The van der Waals surface area contributed by atoms with Crippen LogP contribution in [0.2, 0.25) is 30.1 Å². The number of hydrogen-bond donors (Lipinski definition) is 5. The van der Waals surface area contributed by atoms with Crippen molar-refractivity contribution in [1.29, 1.82) is 0 Å². The van der Waals surface area contributed by atoms with Crippen molar-refractivity contribution < 1.29 is 9.59 Å². The van der Waals surface area contributed by atoms with Crippen LogP contribution in [0.4, 0.5) is 59.5 Å². The van der Waals surface area contributed by atoms with E-state index in [4.69, 9.17) is 74.4 Å². The molecule has 0 spiro atoms. The van der Waals surface area contributed by atoms with Gasteiger partial charge in [-0.3, -0.25) is 5.32 Å². The number of urea groups is 1. The Balaban J connectivity index is 0.000000126. The Morgan fingerprint density at radius 1 is 0.338 bits per heavy atom. The molecule has 10 aromatic heterocycles. The summed E-state index contributed by atoms with van der Waals surface area (Å²) in [5.74, 6) is 7.67. The van der Waals surface area contributed by atoms with Gasteiger partial charge < -0.3 is 75.1 Å². The molecule has 0 saturated carbocycles. The Morgan fingerprint density at radius 2 is 0.594 bits per heavy atom. The first-order valence-corrected chi connectivity index (χ1v) is 49.8. The number of aromatic nitrogens is 10. The Kier molecular flexibility index (Phi) is 32.8. The number of amides is 2. The summed E-state index contributed by atoms with van der Waals surface area (Å²) < 4.78 is 6.65. The molecule has 0 unspecified atom stereocenters. The topological polar surface area (TPSA) is 256 Å². The van der Waals surface area contributed by atoms with Crippen molar-refractivity contribution in [3.05, 3.63) is 284 Å². The first-order chi connectivity index (χ1) is 64.4. The van der Waals surface area contributed by atoms with Gasteiger partial charge in [-0.2, -0.15) is 0 Å². The molecule has 133 heavy (non-hydrogen) atoms. The normalized spacial score (nSPS) is 15.0. The highest BCUT2D eigenvalue weighted by atomic mass is 79.9. The summed E-state index contributed by atoms with van der Waals surface area (Å²) in [5, 5.41) is 24.5. The van der Waals surface area contributed by atoms with Gasteiger partial charge in [0.1, 0.15) is 59.2 Å². The molecule has 0 bridgehead atoms. The SMILES string of the molecule is C=C(Nc1nc2ccc(C)cc2s1)N1CCN(c2ncccc2Cl)CC1.C=C(Nc1nc2ccc(C)cc2s1)N1CCN(c2ncccc2Cl)CC1.C=C(Nc1nc2ccc(C)cc2s1)N1CCN(c2ncccc2Cl)CC1.C=C(Nc1nc2ccc(Cl)cc2s1)N1CCN(c2ncccc2Cl)CC1.C=O.C[C@@H]1CN(c2ncccc2Cl)CCN1C(=O)Nc1nc2ccc(Br)cc2s1. The molecule has 1 atom stereocenters. The van der Waals surface area contributed by atoms with Gasteiger partial charge in [0.05, 0.1) is 76.2 Å². The van der Waals surface area contributed by atoms with Crippen molar-refractivity contribution >= 4 is 261 Å². The van der Waals surface area contributed by atoms with E-state index >= 15 is 0 Å². The van der Waals surface area contributed by atoms with Crippen molar-refractivity contribution in [3.63, 3.8) is 0 Å². The third-order valence-corrected chi connectivity index (χ3v) is 29.1. The smallest absolute Gasteiger partial charge is 0.324 e. The quantitative estimate of drug-likeness (QED) is 0.0535. The highest BCUT2D eigenvalue weighted by molar-refractivity contribution is 9.10. The number of carbonyl (C=O) groups is 2. The molecule has 5 N–H and O–H groups in total. The van der Waals surface area contributed by atoms with Crippen molar-refractivity contribution in [2.24, 2.45) is 0 Å². The number of halogens is 7. The van der Waals surface area contributed by atoms with E-state index in [0.29, 0.717) is 49.9 Å². The predicted octanol–water partition coefficient (Wildman–Crippen LogP) is 22.4. The molecular formula is C94H96BrCl6N25O2S5. The summed E-state index contributed by atoms with van der Waals surface area (Å²) in [4.78, 5) is 87.4. The lowest BCUT2D eigenvalue weighted by molar-refractivity contribution is -0.0980. The van der Waals surface area contributed by atoms with E-state index in [1.54, 1.807) is 76.3 Å². The van der Waals surface area contributed by atoms with Crippen LogP contribution >= 0.6 is 142 Å². The number of aryl methyl sites for hydroxylation is 3. The van der Waals surface area contributed by atoms with E-state index < -0.39 is 0 Å². The molecule has 20 rings (SSSR count). The number of nitrogens with one attached hydrogen (secondary N) is 5. The van der Waals surface area contributed by atoms with Crippen LogP contribution in [0.5, 0.6) is 0 Å². The third-order valence-electron chi connectivity index (χ3n) is 22.3. The number of nitrogens with zero attached hydrogens (tertiary/aromatic N) is 20. The summed E-state index contributed by atoms with van der Waals surface area (Å²) in [6, 6.07) is 49.0. The second kappa shape index (κ2) is 45.2. The van der Waals surface area contributed by atoms with E-state index in [9.17, 15) is 4.79 Å². The van der Waals surface area contributed by atoms with Gasteiger partial charge in [0.2, 0.25) is 0 Å². The van der Waals surface area contributed by atoms with E-state index in [1.807, 2.05) is 116 Å². The molecular weight excluding hydrogens is 1960 g/mol. The Morgan fingerprint density at radius 3 is 0.887 bits per heavy atom. The first kappa shape index (κ1) is 96.4. The average Bonchev–Trinajstić information content (AvgIpc) is 1.79. The van der Waals surface area contributed by atoms with Gasteiger partial charge in [-0.05, 0) is 178 Å². The second-order valence-corrected chi connectivity index (χ2v) is 39.9. The van der Waals surface area contributed by atoms with Gasteiger partial charge in [-0.25, -0.2) is 54.6 Å². The highest BCUT2D eigenvalue weighted by Gasteiger charge is 2.31. The molecule has 688 valence electrons. The van der Waals surface area contributed by atoms with Crippen molar-refractivity contribution in [2.75, 3.05) is 175 Å². The molecule has 5 fully saturated rings. The zero-order chi connectivity index (χ0) is 93.3. The van der Waals surface area contributed by atoms with Crippen molar-refractivity contribution in [1.82, 2.24) is 74.3 Å². The monoisotopic (exact) mass is 2060 g/mol. The number of rotatable bonds is 18. The molecule has 5 aromatic carbocycles. The number of hydrogen-bond acceptors (Lipinski definition) is 30. The van der Waals surface area contributed by atoms with E-state index in [1.165, 1.54) is 42.1 Å². The number of pyridine rings is 5. The summed E-state index contributed by atoms with van der Waals surface area (Å²) in [6.45, 7) is 42.7. The lowest BCUT2D eigenvalue weighted by Gasteiger charge is -2.40. The maximum absolute atomic E-state index is 12.7. The summed E-state index contributed by atoms with van der Waals surface area (Å²) >= 11 is 48.8. The van der Waals surface area contributed by atoms with Gasteiger partial charge in [-0.1, -0.05) is 187 Å². The second-order valence-electron chi connectivity index (χ2n) is 31.4. The molecule has 27 nitrogen and oxygen atoms in total. The molecule has 0 aliphatic carbocycles. The zero-order valence-electron chi connectivity index (χ0n) is 73.3. The fourth-order valence-electron chi connectivity index (χ4n) is 15.4. The standard InChI is InChI=1S/3C19H20ClN5S.C18H17BrClN5OS.C18H17Cl2N5S.CH2O/c3*1-13-5-6-16-17(12-13)26-19(23-16)22-14(2)24-8-10-25(11-9-24)18-15(20)4-3-7-21-18;1-11-10-24(16-13(20)3-2-6-21-16)7-8-25(11)18(26)23-17-22-14-5-4-12(19)9-15(14)27-17;1-12(22-18-23-15-5-4-13(19)11-16(15)26-18)24-7-9-25(10-8-24)17-14(20)3-2-6-21-17;1-2/h3*3-7,12H,2,8-11H2,1H3,(H,22,23);2-6,9,11H,7-8,10H2,1H3,(H,22,23,26);2-6,11H,1,7-10H2,(H,22,23);1H2/t;;;11-;;/m...1../s1. The Bertz CT molecular complexity index is 6010. The van der Waals surface area contributed by atoms with Gasteiger partial charge >= 0.3 is 6.03 Å². The molecule has 2 amide bonds. The Hall–Kier alpha value is -11.2. The highest BCUT2D eigenvalue weighted by Crippen LogP contribution is 2.37. The number of fused-ring (bicyclic) bond motifs is 5. The lowest BCUT2D eigenvalue weighted by Crippen LogP contribution is -2.55. The summed E-state index contributed by atoms with van der Waals surface area (Å²) in [6.07, 6.45) is 8.85. The maximum atomic E-state index is 12.7. The number of anilines is 10. The Labute approximate surface area is 830 Å². The fourth-order valence-corrected chi connectivity index (χ4v) is 22.1. The van der Waals surface area contributed by atoms with Crippen LogP contribution in [-0.4, -0.2) is 218 Å².